The summed E-state index contributed by atoms with van der Waals surface area (Å²) in [6, 6.07) is 0. The summed E-state index contributed by atoms with van der Waals surface area (Å²) < 4.78 is 57.9. The molecule has 1 saturated heterocycles. The summed E-state index contributed by atoms with van der Waals surface area (Å²) in [4.78, 5) is 24.0. The first kappa shape index (κ1) is 24.0. The minimum atomic E-state index is -4.03. The van der Waals surface area contributed by atoms with Crippen molar-refractivity contribution >= 4 is 24.0 Å². The molecule has 1 aliphatic heterocycles. The SMILES string of the molecule is O=C(COC12CC3CC(CC(COC(=O)C(F)(F)SOOO)(C3)C1)C2)OC1COCCO1. The van der Waals surface area contributed by atoms with Gasteiger partial charge in [-0.2, -0.15) is 8.78 Å². The number of carbonyl (C=O) groups excluding carboxylic acids is 2. The number of hydrogen-bond donors (Lipinski definition) is 1. The quantitative estimate of drug-likeness (QED) is 0.213. The average Bonchev–Trinajstić information content (AvgIpc) is 2.74. The van der Waals surface area contributed by atoms with E-state index in [0.717, 1.165) is 32.1 Å². The lowest BCUT2D eigenvalue weighted by molar-refractivity contribution is -0.433. The summed E-state index contributed by atoms with van der Waals surface area (Å²) >= 11 is -0.647. The Kier molecular flexibility index (Phi) is 7.25. The first-order valence-electron chi connectivity index (χ1n) is 10.5. The van der Waals surface area contributed by atoms with Crippen molar-refractivity contribution in [2.24, 2.45) is 17.3 Å². The normalized spacial score (nSPS) is 36.2. The smallest absolute Gasteiger partial charge is 0.415 e. The van der Waals surface area contributed by atoms with E-state index in [-0.39, 0.29) is 19.8 Å². The first-order valence-corrected chi connectivity index (χ1v) is 11.2. The Morgan fingerprint density at radius 2 is 1.91 bits per heavy atom. The van der Waals surface area contributed by atoms with Crippen LogP contribution < -0.4 is 0 Å². The van der Waals surface area contributed by atoms with Crippen LogP contribution in [0.25, 0.3) is 0 Å². The number of ether oxygens (including phenoxy) is 5. The third-order valence-corrected chi connectivity index (χ3v) is 7.09. The van der Waals surface area contributed by atoms with Crippen LogP contribution in [0.3, 0.4) is 0 Å². The Bertz CT molecular complexity index is 688. The number of esters is 2. The van der Waals surface area contributed by atoms with Gasteiger partial charge in [0, 0.05) is 5.41 Å². The van der Waals surface area contributed by atoms with Crippen LogP contribution in [-0.4, -0.2) is 67.4 Å². The first-order chi connectivity index (χ1) is 15.2. The van der Waals surface area contributed by atoms with Gasteiger partial charge < -0.3 is 23.7 Å². The maximum absolute atomic E-state index is 13.7. The van der Waals surface area contributed by atoms with E-state index in [4.69, 9.17) is 28.9 Å². The molecular formula is C19H26F2O10S. The van der Waals surface area contributed by atoms with Crippen LogP contribution in [0, 0.1) is 17.3 Å². The maximum atomic E-state index is 13.7. The van der Waals surface area contributed by atoms with Gasteiger partial charge in [-0.25, -0.2) is 14.8 Å². The zero-order chi connectivity index (χ0) is 22.8. The minimum Gasteiger partial charge on any atom is -0.460 e. The molecule has 0 aromatic rings. The van der Waals surface area contributed by atoms with Gasteiger partial charge in [0.25, 0.3) is 0 Å². The molecule has 10 nitrogen and oxygen atoms in total. The monoisotopic (exact) mass is 484 g/mol. The largest absolute Gasteiger partial charge is 0.460 e. The topological polar surface area (TPSA) is 119 Å². The van der Waals surface area contributed by atoms with Gasteiger partial charge in [-0.1, -0.05) is 5.04 Å². The van der Waals surface area contributed by atoms with E-state index in [9.17, 15) is 18.4 Å². The highest BCUT2D eigenvalue weighted by molar-refractivity contribution is 7.96. The molecule has 0 amide bonds. The molecule has 1 heterocycles. The van der Waals surface area contributed by atoms with Crippen molar-refractivity contribution in [2.75, 3.05) is 33.0 Å². The number of alkyl halides is 2. The van der Waals surface area contributed by atoms with E-state index in [0.29, 0.717) is 31.5 Å². The Morgan fingerprint density at radius 3 is 2.56 bits per heavy atom. The summed E-state index contributed by atoms with van der Waals surface area (Å²) in [7, 11) is 0. The summed E-state index contributed by atoms with van der Waals surface area (Å²) in [6.45, 7) is 0.550. The molecule has 4 aliphatic carbocycles. The lowest BCUT2D eigenvalue weighted by atomic mass is 9.48. The van der Waals surface area contributed by atoms with Gasteiger partial charge in [-0.05, 0) is 50.4 Å². The van der Waals surface area contributed by atoms with Crippen LogP contribution in [0.15, 0.2) is 0 Å². The molecule has 3 unspecified atom stereocenters. The molecule has 0 radical (unpaired) electrons. The fraction of sp³-hybridized carbons (Fsp3) is 0.895. The van der Waals surface area contributed by atoms with Crippen LogP contribution in [-0.2, 0) is 42.6 Å². The van der Waals surface area contributed by atoms with Gasteiger partial charge in [-0.15, -0.1) is 4.33 Å². The number of rotatable bonds is 10. The third-order valence-electron chi connectivity index (χ3n) is 6.59. The minimum absolute atomic E-state index is 0.175. The summed E-state index contributed by atoms with van der Waals surface area (Å²) in [5.41, 5.74) is -1.07. The van der Waals surface area contributed by atoms with Crippen LogP contribution >= 0.6 is 12.0 Å². The third kappa shape index (κ3) is 5.51. The van der Waals surface area contributed by atoms with Crippen molar-refractivity contribution in [3.05, 3.63) is 0 Å². The zero-order valence-corrected chi connectivity index (χ0v) is 18.1. The van der Waals surface area contributed by atoms with E-state index in [2.05, 4.69) is 9.37 Å². The molecular weight excluding hydrogens is 458 g/mol. The molecule has 5 aliphatic rings. The van der Waals surface area contributed by atoms with E-state index >= 15 is 0 Å². The van der Waals surface area contributed by atoms with Crippen molar-refractivity contribution in [1.29, 1.82) is 0 Å². The standard InChI is InChI=1S/C19H26F2O10S/c20-19(21,32-31-30-24)16(23)27-11-17-4-12-3-13(5-17)7-18(6-12,10-17)28-8-14(22)29-15-9-25-1-2-26-15/h12-13,15,24H,1-11H2. The van der Waals surface area contributed by atoms with Gasteiger partial charge in [0.15, 0.2) is 0 Å². The van der Waals surface area contributed by atoms with Crippen molar-refractivity contribution in [1.82, 2.24) is 0 Å². The molecule has 1 N–H and O–H groups in total. The Balaban J connectivity index is 1.33. The average molecular weight is 484 g/mol. The Labute approximate surface area is 187 Å². The molecule has 32 heavy (non-hydrogen) atoms. The van der Waals surface area contributed by atoms with Gasteiger partial charge in [0.2, 0.25) is 6.29 Å². The second kappa shape index (κ2) is 9.65. The van der Waals surface area contributed by atoms with E-state index in [1.807, 2.05) is 0 Å². The van der Waals surface area contributed by atoms with Gasteiger partial charge in [0.1, 0.15) is 25.3 Å². The lowest BCUT2D eigenvalue weighted by Gasteiger charge is -2.61. The van der Waals surface area contributed by atoms with Crippen molar-refractivity contribution in [2.45, 2.75) is 55.7 Å². The fourth-order valence-electron chi connectivity index (χ4n) is 6.02. The van der Waals surface area contributed by atoms with E-state index in [1.165, 1.54) is 0 Å². The molecule has 13 heteroatoms. The lowest BCUT2D eigenvalue weighted by Crippen LogP contribution is -2.58. The second-order valence-electron chi connectivity index (χ2n) is 9.12. The van der Waals surface area contributed by atoms with E-state index in [1.54, 1.807) is 0 Å². The predicted octanol–water partition coefficient (Wildman–Crippen LogP) is 2.46. The molecule has 0 aromatic heterocycles. The molecule has 3 atom stereocenters. The van der Waals surface area contributed by atoms with Crippen molar-refractivity contribution < 1.29 is 56.7 Å². The van der Waals surface area contributed by atoms with Gasteiger partial charge >= 0.3 is 17.2 Å². The molecule has 182 valence electrons. The Morgan fingerprint density at radius 1 is 1.16 bits per heavy atom. The summed E-state index contributed by atoms with van der Waals surface area (Å²) in [5, 5.41) is 7.10. The maximum Gasteiger partial charge on any atom is 0.415 e. The molecule has 0 aromatic carbocycles. The van der Waals surface area contributed by atoms with Crippen molar-refractivity contribution in [3.63, 3.8) is 0 Å². The highest BCUT2D eigenvalue weighted by atomic mass is 32.2. The Hall–Kier alpha value is -1.09. The molecule has 4 bridgehead atoms. The fourth-order valence-corrected chi connectivity index (χ4v) is 6.27. The van der Waals surface area contributed by atoms with Crippen molar-refractivity contribution in [3.8, 4) is 0 Å². The number of carbonyl (C=O) groups is 2. The zero-order valence-electron chi connectivity index (χ0n) is 17.3. The van der Waals surface area contributed by atoms with Crippen LogP contribution in [0.5, 0.6) is 0 Å². The molecule has 5 rings (SSSR count). The summed E-state index contributed by atoms with van der Waals surface area (Å²) in [5.74, 6) is -1.72. The van der Waals surface area contributed by atoms with Gasteiger partial charge in [0.05, 0.1) is 25.4 Å². The number of halogens is 2. The predicted molar refractivity (Wildman–Crippen MR) is 101 cm³/mol. The van der Waals surface area contributed by atoms with Gasteiger partial charge in [-0.3, -0.25) is 0 Å². The molecule has 4 saturated carbocycles. The van der Waals surface area contributed by atoms with Crippen LogP contribution in [0.2, 0.25) is 0 Å². The highest BCUT2D eigenvalue weighted by Gasteiger charge is 2.59. The number of hydrogen-bond acceptors (Lipinski definition) is 11. The van der Waals surface area contributed by atoms with E-state index < -0.39 is 46.5 Å². The highest BCUT2D eigenvalue weighted by Crippen LogP contribution is 2.63. The summed E-state index contributed by atoms with van der Waals surface area (Å²) in [6.07, 6.45) is 3.79. The second-order valence-corrected chi connectivity index (χ2v) is 9.93. The van der Waals surface area contributed by atoms with Crippen LogP contribution in [0.1, 0.15) is 38.5 Å². The molecule has 0 spiro atoms. The van der Waals surface area contributed by atoms with Crippen LogP contribution in [0.4, 0.5) is 8.78 Å². The molecule has 5 fully saturated rings.